The third-order valence-corrected chi connectivity index (χ3v) is 2.05. The molecule has 0 aliphatic carbocycles. The van der Waals surface area contributed by atoms with Gasteiger partial charge < -0.3 is 5.73 Å². The first kappa shape index (κ1) is 8.75. The van der Waals surface area contributed by atoms with E-state index in [0.717, 1.165) is 0 Å². The fourth-order valence-corrected chi connectivity index (χ4v) is 1.23. The Kier molecular flexibility index (Phi) is 2.46. The zero-order chi connectivity index (χ0) is 9.14. The molecule has 12 heavy (non-hydrogen) atoms. The smallest absolute Gasteiger partial charge is 0.249 e. The SMILES string of the molecule is N#Cc1ccc(Br)c(C(N)=O)c1. The molecule has 3 nitrogen and oxygen atoms in total. The summed E-state index contributed by atoms with van der Waals surface area (Å²) in [4.78, 5) is 10.8. The molecule has 1 aromatic carbocycles. The summed E-state index contributed by atoms with van der Waals surface area (Å²) in [5, 5.41) is 8.52. The van der Waals surface area contributed by atoms with Crippen LogP contribution < -0.4 is 5.73 Å². The van der Waals surface area contributed by atoms with Crippen LogP contribution in [0.5, 0.6) is 0 Å². The number of rotatable bonds is 1. The summed E-state index contributed by atoms with van der Waals surface area (Å²) in [5.41, 5.74) is 5.81. The summed E-state index contributed by atoms with van der Waals surface area (Å²) in [6, 6.07) is 6.60. The fraction of sp³-hybridized carbons (Fsp3) is 0. The normalized spacial score (nSPS) is 9.00. The molecule has 0 aliphatic heterocycles. The standard InChI is InChI=1S/C8H5BrN2O/c9-7-2-1-5(4-10)3-6(7)8(11)12/h1-3H,(H2,11,12). The van der Waals surface area contributed by atoms with Gasteiger partial charge in [0.15, 0.2) is 0 Å². The lowest BCUT2D eigenvalue weighted by atomic mass is 10.1. The predicted octanol–water partition coefficient (Wildman–Crippen LogP) is 1.42. The molecule has 0 unspecified atom stereocenters. The lowest BCUT2D eigenvalue weighted by molar-refractivity contribution is 0.0999. The minimum absolute atomic E-state index is 0.328. The van der Waals surface area contributed by atoms with Crippen molar-refractivity contribution in [3.8, 4) is 6.07 Å². The first-order valence-electron chi connectivity index (χ1n) is 3.14. The minimum atomic E-state index is -0.543. The zero-order valence-corrected chi connectivity index (χ0v) is 7.63. The summed E-state index contributed by atoms with van der Waals surface area (Å²) in [5.74, 6) is -0.543. The van der Waals surface area contributed by atoms with E-state index in [1.807, 2.05) is 6.07 Å². The molecule has 1 rings (SSSR count). The number of hydrogen-bond donors (Lipinski definition) is 1. The Morgan fingerprint density at radius 1 is 1.58 bits per heavy atom. The lowest BCUT2D eigenvalue weighted by Gasteiger charge is -1.98. The van der Waals surface area contributed by atoms with E-state index in [1.165, 1.54) is 6.07 Å². The molecular weight excluding hydrogens is 220 g/mol. The predicted molar refractivity (Wildman–Crippen MR) is 47.4 cm³/mol. The van der Waals surface area contributed by atoms with Crippen molar-refractivity contribution < 1.29 is 4.79 Å². The van der Waals surface area contributed by atoms with Gasteiger partial charge in [0.25, 0.3) is 0 Å². The Bertz CT molecular complexity index is 368. The number of benzene rings is 1. The van der Waals surface area contributed by atoms with Crippen molar-refractivity contribution in [3.63, 3.8) is 0 Å². The van der Waals surface area contributed by atoms with Gasteiger partial charge in [0, 0.05) is 4.47 Å². The van der Waals surface area contributed by atoms with E-state index >= 15 is 0 Å². The zero-order valence-electron chi connectivity index (χ0n) is 6.04. The van der Waals surface area contributed by atoms with Gasteiger partial charge >= 0.3 is 0 Å². The van der Waals surface area contributed by atoms with Gasteiger partial charge in [0.2, 0.25) is 5.91 Å². The maximum Gasteiger partial charge on any atom is 0.249 e. The Balaban J connectivity index is 3.28. The van der Waals surface area contributed by atoms with Crippen LogP contribution in [0.3, 0.4) is 0 Å². The van der Waals surface area contributed by atoms with Crippen LogP contribution in [0.2, 0.25) is 0 Å². The highest BCUT2D eigenvalue weighted by atomic mass is 79.9. The maximum absolute atomic E-state index is 10.8. The van der Waals surface area contributed by atoms with Crippen molar-refractivity contribution in [1.29, 1.82) is 5.26 Å². The quantitative estimate of drug-likeness (QED) is 0.785. The largest absolute Gasteiger partial charge is 0.366 e. The Morgan fingerprint density at radius 3 is 2.75 bits per heavy atom. The van der Waals surface area contributed by atoms with E-state index in [9.17, 15) is 4.79 Å². The van der Waals surface area contributed by atoms with E-state index in [1.54, 1.807) is 12.1 Å². The number of nitriles is 1. The highest BCUT2D eigenvalue weighted by molar-refractivity contribution is 9.10. The average Bonchev–Trinajstić information content (AvgIpc) is 2.05. The first-order chi connectivity index (χ1) is 5.65. The van der Waals surface area contributed by atoms with E-state index in [-0.39, 0.29) is 0 Å². The molecule has 0 radical (unpaired) electrons. The molecule has 0 aliphatic rings. The van der Waals surface area contributed by atoms with Gasteiger partial charge in [-0.25, -0.2) is 0 Å². The Morgan fingerprint density at radius 2 is 2.25 bits per heavy atom. The molecular formula is C8H5BrN2O. The second-order valence-corrected chi connectivity index (χ2v) is 3.03. The molecule has 4 heteroatoms. The third-order valence-electron chi connectivity index (χ3n) is 1.36. The van der Waals surface area contributed by atoms with E-state index < -0.39 is 5.91 Å². The van der Waals surface area contributed by atoms with Gasteiger partial charge in [-0.2, -0.15) is 5.26 Å². The van der Waals surface area contributed by atoms with Crippen molar-refractivity contribution >= 4 is 21.8 Å². The molecule has 0 saturated carbocycles. The van der Waals surface area contributed by atoms with Crippen LogP contribution in [0, 0.1) is 11.3 Å². The lowest BCUT2D eigenvalue weighted by Crippen LogP contribution is -2.11. The molecule has 0 bridgehead atoms. The van der Waals surface area contributed by atoms with Crippen molar-refractivity contribution in [3.05, 3.63) is 33.8 Å². The highest BCUT2D eigenvalue weighted by Gasteiger charge is 2.06. The van der Waals surface area contributed by atoms with E-state index in [2.05, 4.69) is 15.9 Å². The van der Waals surface area contributed by atoms with Gasteiger partial charge in [-0.1, -0.05) is 0 Å². The average molecular weight is 225 g/mol. The number of primary amides is 1. The van der Waals surface area contributed by atoms with Crippen LogP contribution in [-0.2, 0) is 0 Å². The van der Waals surface area contributed by atoms with E-state index in [0.29, 0.717) is 15.6 Å². The topological polar surface area (TPSA) is 66.9 Å². The number of halogens is 1. The number of carbonyl (C=O) groups is 1. The van der Waals surface area contributed by atoms with Gasteiger partial charge in [0.05, 0.1) is 17.2 Å². The molecule has 0 aromatic heterocycles. The molecule has 0 fully saturated rings. The molecule has 0 saturated heterocycles. The fourth-order valence-electron chi connectivity index (χ4n) is 0.784. The Labute approximate surface area is 77.9 Å². The molecule has 2 N–H and O–H groups in total. The molecule has 0 atom stereocenters. The van der Waals surface area contributed by atoms with Crippen LogP contribution in [0.15, 0.2) is 22.7 Å². The van der Waals surface area contributed by atoms with Gasteiger partial charge in [0.1, 0.15) is 0 Å². The van der Waals surface area contributed by atoms with Crippen LogP contribution in [0.4, 0.5) is 0 Å². The summed E-state index contributed by atoms with van der Waals surface area (Å²) in [6.45, 7) is 0. The minimum Gasteiger partial charge on any atom is -0.366 e. The van der Waals surface area contributed by atoms with Crippen LogP contribution in [-0.4, -0.2) is 5.91 Å². The van der Waals surface area contributed by atoms with E-state index in [4.69, 9.17) is 11.0 Å². The van der Waals surface area contributed by atoms with Crippen molar-refractivity contribution in [2.75, 3.05) is 0 Å². The second kappa shape index (κ2) is 3.37. The number of nitrogens with zero attached hydrogens (tertiary/aromatic N) is 1. The Hall–Kier alpha value is -1.34. The second-order valence-electron chi connectivity index (χ2n) is 2.17. The van der Waals surface area contributed by atoms with Crippen molar-refractivity contribution in [1.82, 2.24) is 0 Å². The summed E-state index contributed by atoms with van der Waals surface area (Å²) in [6.07, 6.45) is 0. The van der Waals surface area contributed by atoms with Crippen LogP contribution >= 0.6 is 15.9 Å². The van der Waals surface area contributed by atoms with Crippen molar-refractivity contribution in [2.45, 2.75) is 0 Å². The number of amides is 1. The molecule has 0 heterocycles. The first-order valence-corrected chi connectivity index (χ1v) is 3.94. The summed E-state index contributed by atoms with van der Waals surface area (Å²) < 4.78 is 0.606. The summed E-state index contributed by atoms with van der Waals surface area (Å²) >= 11 is 3.15. The molecule has 0 spiro atoms. The van der Waals surface area contributed by atoms with Gasteiger partial charge in [-0.3, -0.25) is 4.79 Å². The highest BCUT2D eigenvalue weighted by Crippen LogP contribution is 2.17. The molecule has 1 amide bonds. The van der Waals surface area contributed by atoms with Crippen LogP contribution in [0.1, 0.15) is 15.9 Å². The van der Waals surface area contributed by atoms with Crippen LogP contribution in [0.25, 0.3) is 0 Å². The number of nitrogens with two attached hydrogens (primary N) is 1. The van der Waals surface area contributed by atoms with Gasteiger partial charge in [-0.05, 0) is 34.1 Å². The summed E-state index contributed by atoms with van der Waals surface area (Å²) in [7, 11) is 0. The number of hydrogen-bond acceptors (Lipinski definition) is 2. The van der Waals surface area contributed by atoms with Gasteiger partial charge in [-0.15, -0.1) is 0 Å². The third kappa shape index (κ3) is 1.63. The monoisotopic (exact) mass is 224 g/mol. The number of carbonyl (C=O) groups excluding carboxylic acids is 1. The molecule has 60 valence electrons. The maximum atomic E-state index is 10.8. The molecule has 1 aromatic rings. The van der Waals surface area contributed by atoms with Crippen molar-refractivity contribution in [2.24, 2.45) is 5.73 Å².